The monoisotopic (exact) mass is 438 g/mol. The highest BCUT2D eigenvalue weighted by atomic mass is 35.5. The number of halogens is 1. The summed E-state index contributed by atoms with van der Waals surface area (Å²) in [6.45, 7) is 3.47. The zero-order valence-corrected chi connectivity index (χ0v) is 18.0. The van der Waals surface area contributed by atoms with Crippen LogP contribution in [0.2, 0.25) is 5.02 Å². The summed E-state index contributed by atoms with van der Waals surface area (Å²) in [6, 6.07) is 4.66. The molecule has 2 atom stereocenters. The first kappa shape index (κ1) is 22.0. The first-order valence-electron chi connectivity index (χ1n) is 9.92. The van der Waals surface area contributed by atoms with E-state index in [9.17, 15) is 9.59 Å². The predicted molar refractivity (Wildman–Crippen MR) is 115 cm³/mol. The number of aromatic nitrogens is 1. The predicted octanol–water partition coefficient (Wildman–Crippen LogP) is 2.26. The van der Waals surface area contributed by atoms with Crippen LogP contribution in [0.25, 0.3) is 10.2 Å². The van der Waals surface area contributed by atoms with Crippen molar-refractivity contribution in [2.75, 3.05) is 19.8 Å². The number of nitrogens with one attached hydrogen (secondary N) is 2. The van der Waals surface area contributed by atoms with Crippen LogP contribution in [0.1, 0.15) is 31.2 Å². The van der Waals surface area contributed by atoms with E-state index in [0.717, 1.165) is 28.1 Å². The summed E-state index contributed by atoms with van der Waals surface area (Å²) in [7, 11) is 0. The molecule has 158 valence electrons. The molecule has 1 fully saturated rings. The van der Waals surface area contributed by atoms with E-state index >= 15 is 0 Å². The fourth-order valence-electron chi connectivity index (χ4n) is 3.48. The van der Waals surface area contributed by atoms with Crippen molar-refractivity contribution in [1.82, 2.24) is 15.6 Å². The van der Waals surface area contributed by atoms with Gasteiger partial charge in [0.05, 0.1) is 15.2 Å². The Hall–Kier alpha value is -1.74. The summed E-state index contributed by atoms with van der Waals surface area (Å²) < 4.78 is 6.36. The Morgan fingerprint density at radius 3 is 2.79 bits per heavy atom. The molecule has 2 amide bonds. The molecule has 0 bridgehead atoms. The standard InChI is InChI=1S/C20H27ClN4O3S/c1-2-18(26)23-15(10-19-24-14-4-3-13(21)9-17(14)29-19)20(27)25-16(11-22)12-5-7-28-8-6-12/h3-4,9,12,15-16H,2,5-8,10-11,22H2,1H3,(H,23,26)(H,25,27)/t15-,16+/m0/s1. The number of nitrogens with two attached hydrogens (primary N) is 1. The Bertz CT molecular complexity index is 853. The number of hydrogen-bond acceptors (Lipinski definition) is 6. The number of carbonyl (C=O) groups excluding carboxylic acids is 2. The maximum absolute atomic E-state index is 13.0. The Morgan fingerprint density at radius 2 is 2.10 bits per heavy atom. The molecule has 29 heavy (non-hydrogen) atoms. The van der Waals surface area contributed by atoms with Gasteiger partial charge in [0, 0.05) is 43.7 Å². The largest absolute Gasteiger partial charge is 0.381 e. The lowest BCUT2D eigenvalue weighted by Crippen LogP contribution is -2.54. The van der Waals surface area contributed by atoms with Crippen LogP contribution in [-0.4, -0.2) is 48.6 Å². The highest BCUT2D eigenvalue weighted by Crippen LogP contribution is 2.26. The highest BCUT2D eigenvalue weighted by Gasteiger charge is 2.29. The molecule has 0 aliphatic carbocycles. The molecule has 1 aromatic carbocycles. The van der Waals surface area contributed by atoms with Crippen molar-refractivity contribution in [1.29, 1.82) is 0 Å². The third-order valence-electron chi connectivity index (χ3n) is 5.16. The van der Waals surface area contributed by atoms with Crippen molar-refractivity contribution in [2.45, 2.75) is 44.7 Å². The Kier molecular flexibility index (Phi) is 7.83. The summed E-state index contributed by atoms with van der Waals surface area (Å²) in [5, 5.41) is 7.29. The molecule has 1 saturated heterocycles. The molecule has 7 nitrogen and oxygen atoms in total. The Labute approximate surface area is 179 Å². The molecular weight excluding hydrogens is 412 g/mol. The third-order valence-corrected chi connectivity index (χ3v) is 6.44. The van der Waals surface area contributed by atoms with Gasteiger partial charge < -0.3 is 21.1 Å². The summed E-state index contributed by atoms with van der Waals surface area (Å²) in [5.74, 6) is -0.125. The fourth-order valence-corrected chi connectivity index (χ4v) is 4.77. The topological polar surface area (TPSA) is 106 Å². The number of benzene rings is 1. The van der Waals surface area contributed by atoms with Crippen molar-refractivity contribution < 1.29 is 14.3 Å². The minimum atomic E-state index is -0.702. The minimum Gasteiger partial charge on any atom is -0.381 e. The van der Waals surface area contributed by atoms with Gasteiger partial charge in [-0.25, -0.2) is 4.98 Å². The van der Waals surface area contributed by atoms with Gasteiger partial charge in [0.2, 0.25) is 11.8 Å². The minimum absolute atomic E-state index is 0.137. The van der Waals surface area contributed by atoms with Crippen LogP contribution in [0.4, 0.5) is 0 Å². The van der Waals surface area contributed by atoms with Crippen molar-refractivity contribution in [2.24, 2.45) is 11.7 Å². The summed E-state index contributed by atoms with van der Waals surface area (Å²) in [4.78, 5) is 29.6. The number of hydrogen-bond donors (Lipinski definition) is 3. The highest BCUT2D eigenvalue weighted by molar-refractivity contribution is 7.18. The summed E-state index contributed by atoms with van der Waals surface area (Å²) in [6.07, 6.45) is 2.36. The first-order chi connectivity index (χ1) is 14.0. The lowest BCUT2D eigenvalue weighted by atomic mass is 9.91. The van der Waals surface area contributed by atoms with Gasteiger partial charge in [0.25, 0.3) is 0 Å². The van der Waals surface area contributed by atoms with Gasteiger partial charge in [-0.15, -0.1) is 11.3 Å². The van der Waals surface area contributed by atoms with Crippen molar-refractivity contribution in [3.63, 3.8) is 0 Å². The molecule has 0 radical (unpaired) electrons. The zero-order chi connectivity index (χ0) is 20.8. The third kappa shape index (κ3) is 5.88. The maximum atomic E-state index is 13.0. The van der Waals surface area contributed by atoms with Crippen molar-refractivity contribution in [3.8, 4) is 0 Å². The lowest BCUT2D eigenvalue weighted by molar-refractivity contribution is -0.129. The van der Waals surface area contributed by atoms with Crippen LogP contribution in [0.3, 0.4) is 0 Å². The van der Waals surface area contributed by atoms with Gasteiger partial charge in [-0.1, -0.05) is 18.5 Å². The average Bonchev–Trinajstić information content (AvgIpc) is 3.13. The number of fused-ring (bicyclic) bond motifs is 1. The van der Waals surface area contributed by atoms with Crippen LogP contribution in [0.5, 0.6) is 0 Å². The summed E-state index contributed by atoms with van der Waals surface area (Å²) in [5.41, 5.74) is 6.76. The Balaban J connectivity index is 1.73. The van der Waals surface area contributed by atoms with E-state index in [1.807, 2.05) is 12.1 Å². The molecule has 3 rings (SSSR count). The van der Waals surface area contributed by atoms with Crippen molar-refractivity contribution in [3.05, 3.63) is 28.2 Å². The molecule has 1 aliphatic heterocycles. The maximum Gasteiger partial charge on any atom is 0.243 e. The quantitative estimate of drug-likeness (QED) is 0.586. The normalized spacial score (nSPS) is 17.1. The molecule has 1 aromatic heterocycles. The molecule has 2 aromatic rings. The zero-order valence-electron chi connectivity index (χ0n) is 16.4. The van der Waals surface area contributed by atoms with Gasteiger partial charge in [0.1, 0.15) is 6.04 Å². The number of nitrogens with zero attached hydrogens (tertiary/aromatic N) is 1. The molecular formula is C20H27ClN4O3S. The second-order valence-corrected chi connectivity index (χ2v) is 8.75. The van der Waals surface area contributed by atoms with E-state index < -0.39 is 6.04 Å². The summed E-state index contributed by atoms with van der Waals surface area (Å²) >= 11 is 7.53. The van der Waals surface area contributed by atoms with E-state index in [-0.39, 0.29) is 23.8 Å². The number of rotatable bonds is 8. The SMILES string of the molecule is CCC(=O)N[C@@H](Cc1nc2ccc(Cl)cc2s1)C(=O)N[C@H](CN)C1CCOCC1. The number of ether oxygens (including phenoxy) is 1. The van der Waals surface area contributed by atoms with Gasteiger partial charge in [-0.2, -0.15) is 0 Å². The lowest BCUT2D eigenvalue weighted by Gasteiger charge is -2.31. The molecule has 0 unspecified atom stereocenters. The van der Waals surface area contributed by atoms with E-state index in [1.54, 1.807) is 13.0 Å². The molecule has 2 heterocycles. The van der Waals surface area contributed by atoms with E-state index in [1.165, 1.54) is 11.3 Å². The first-order valence-corrected chi connectivity index (χ1v) is 11.1. The van der Waals surface area contributed by atoms with Crippen LogP contribution < -0.4 is 16.4 Å². The fraction of sp³-hybridized carbons (Fsp3) is 0.550. The van der Waals surface area contributed by atoms with Gasteiger partial charge >= 0.3 is 0 Å². The van der Waals surface area contributed by atoms with Crippen LogP contribution >= 0.6 is 22.9 Å². The number of amides is 2. The second-order valence-electron chi connectivity index (χ2n) is 7.20. The Morgan fingerprint density at radius 1 is 1.34 bits per heavy atom. The molecule has 0 spiro atoms. The molecule has 4 N–H and O–H groups in total. The number of thiazole rings is 1. The van der Waals surface area contributed by atoms with E-state index in [0.29, 0.717) is 37.6 Å². The van der Waals surface area contributed by atoms with E-state index in [4.69, 9.17) is 22.1 Å². The molecule has 1 aliphatic rings. The van der Waals surface area contributed by atoms with Gasteiger partial charge in [-0.05, 0) is 37.0 Å². The van der Waals surface area contributed by atoms with E-state index in [2.05, 4.69) is 15.6 Å². The molecule has 9 heteroatoms. The van der Waals surface area contributed by atoms with Crippen LogP contribution in [-0.2, 0) is 20.7 Å². The van der Waals surface area contributed by atoms with Crippen LogP contribution in [0.15, 0.2) is 18.2 Å². The molecule has 0 saturated carbocycles. The van der Waals surface area contributed by atoms with Crippen molar-refractivity contribution >= 4 is 45.0 Å². The average molecular weight is 439 g/mol. The van der Waals surface area contributed by atoms with Gasteiger partial charge in [0.15, 0.2) is 0 Å². The smallest absolute Gasteiger partial charge is 0.243 e. The van der Waals surface area contributed by atoms with Gasteiger partial charge in [-0.3, -0.25) is 9.59 Å². The second kappa shape index (κ2) is 10.3. The van der Waals surface area contributed by atoms with Crippen LogP contribution in [0, 0.1) is 5.92 Å². The number of carbonyl (C=O) groups is 2.